The van der Waals surface area contributed by atoms with Crippen LogP contribution in [0, 0.1) is 5.92 Å². The molecule has 1 nitrogen and oxygen atoms in total. The van der Waals surface area contributed by atoms with Crippen LogP contribution in [-0.2, 0) is 0 Å². The van der Waals surface area contributed by atoms with Crippen LogP contribution in [0.2, 0.25) is 5.02 Å². The first kappa shape index (κ1) is 16.1. The number of hydrogen-bond donors (Lipinski definition) is 1. The van der Waals surface area contributed by atoms with Gasteiger partial charge in [-0.15, -0.1) is 0 Å². The fraction of sp³-hybridized carbons (Fsp3) is 0.368. The maximum absolute atomic E-state index is 5.95. The van der Waals surface area contributed by atoms with Crippen molar-refractivity contribution in [3.05, 3.63) is 70.7 Å². The van der Waals surface area contributed by atoms with Crippen LogP contribution in [0.15, 0.2) is 54.6 Å². The van der Waals surface area contributed by atoms with E-state index in [1.807, 2.05) is 12.1 Å². The van der Waals surface area contributed by atoms with Gasteiger partial charge in [0, 0.05) is 17.6 Å². The van der Waals surface area contributed by atoms with Crippen molar-refractivity contribution in [2.45, 2.75) is 32.7 Å². The van der Waals surface area contributed by atoms with E-state index < -0.39 is 0 Å². The zero-order valence-electron chi connectivity index (χ0n) is 13.0. The summed E-state index contributed by atoms with van der Waals surface area (Å²) < 4.78 is 0. The van der Waals surface area contributed by atoms with Crippen LogP contribution in [0.25, 0.3) is 0 Å². The molecule has 0 spiro atoms. The summed E-state index contributed by atoms with van der Waals surface area (Å²) in [4.78, 5) is 0. The fourth-order valence-corrected chi connectivity index (χ4v) is 2.74. The molecule has 0 fully saturated rings. The summed E-state index contributed by atoms with van der Waals surface area (Å²) in [7, 11) is 0. The van der Waals surface area contributed by atoms with Crippen LogP contribution in [-0.4, -0.2) is 6.54 Å². The van der Waals surface area contributed by atoms with Gasteiger partial charge in [0.05, 0.1) is 0 Å². The molecule has 0 aromatic heterocycles. The van der Waals surface area contributed by atoms with Gasteiger partial charge in [-0.3, -0.25) is 0 Å². The van der Waals surface area contributed by atoms with Gasteiger partial charge in [0.1, 0.15) is 0 Å². The monoisotopic (exact) mass is 301 g/mol. The van der Waals surface area contributed by atoms with Crippen LogP contribution in [0.1, 0.15) is 43.9 Å². The number of hydrogen-bond acceptors (Lipinski definition) is 1. The van der Waals surface area contributed by atoms with Gasteiger partial charge in [-0.2, -0.15) is 0 Å². The summed E-state index contributed by atoms with van der Waals surface area (Å²) in [6, 6.07) is 19.2. The third-order valence-corrected chi connectivity index (χ3v) is 4.30. The van der Waals surface area contributed by atoms with Gasteiger partial charge in [0.15, 0.2) is 0 Å². The molecule has 2 atom stereocenters. The second kappa shape index (κ2) is 7.63. The van der Waals surface area contributed by atoms with Crippen LogP contribution in [0.3, 0.4) is 0 Å². The quantitative estimate of drug-likeness (QED) is 0.750. The number of rotatable bonds is 6. The molecule has 112 valence electrons. The standard InChI is InChI=1S/C19H24ClN/c1-14(2)19(17-7-5-4-6-8-17)13-21-15(3)16-9-11-18(20)12-10-16/h4-12,14-15,19,21H,13H2,1-3H3. The molecule has 2 aromatic carbocycles. The normalized spacial score (nSPS) is 14.1. The van der Waals surface area contributed by atoms with Crippen molar-refractivity contribution < 1.29 is 0 Å². The third-order valence-electron chi connectivity index (χ3n) is 4.05. The SMILES string of the molecule is CC(NCC(c1ccccc1)C(C)C)c1ccc(Cl)cc1. The van der Waals surface area contributed by atoms with Crippen LogP contribution < -0.4 is 5.32 Å². The topological polar surface area (TPSA) is 12.0 Å². The summed E-state index contributed by atoms with van der Waals surface area (Å²) in [5, 5.41) is 4.44. The first-order valence-corrected chi connectivity index (χ1v) is 7.99. The number of benzene rings is 2. The van der Waals surface area contributed by atoms with E-state index in [9.17, 15) is 0 Å². The summed E-state index contributed by atoms with van der Waals surface area (Å²) in [6.45, 7) is 7.75. The molecule has 0 aliphatic carbocycles. The van der Waals surface area contributed by atoms with Gasteiger partial charge in [-0.1, -0.05) is 67.9 Å². The van der Waals surface area contributed by atoms with Gasteiger partial charge < -0.3 is 5.32 Å². The Kier molecular flexibility index (Phi) is 5.84. The van der Waals surface area contributed by atoms with Crippen molar-refractivity contribution in [3.63, 3.8) is 0 Å². The molecule has 2 rings (SSSR count). The third kappa shape index (κ3) is 4.59. The Balaban J connectivity index is 2.00. The molecule has 0 radical (unpaired) electrons. The van der Waals surface area contributed by atoms with E-state index in [2.05, 4.69) is 68.6 Å². The highest BCUT2D eigenvalue weighted by atomic mass is 35.5. The number of nitrogens with one attached hydrogen (secondary N) is 1. The highest BCUT2D eigenvalue weighted by molar-refractivity contribution is 6.30. The molecule has 0 heterocycles. The Morgan fingerprint density at radius 2 is 1.48 bits per heavy atom. The molecule has 0 amide bonds. The lowest BCUT2D eigenvalue weighted by molar-refractivity contribution is 0.436. The predicted octanol–water partition coefficient (Wildman–Crippen LogP) is 5.43. The minimum Gasteiger partial charge on any atom is -0.310 e. The summed E-state index contributed by atoms with van der Waals surface area (Å²) in [6.07, 6.45) is 0. The first-order valence-electron chi connectivity index (χ1n) is 7.61. The minimum absolute atomic E-state index is 0.326. The predicted molar refractivity (Wildman–Crippen MR) is 91.9 cm³/mol. The van der Waals surface area contributed by atoms with E-state index in [-0.39, 0.29) is 0 Å². The maximum Gasteiger partial charge on any atom is 0.0406 e. The van der Waals surface area contributed by atoms with Gasteiger partial charge >= 0.3 is 0 Å². The molecule has 1 N–H and O–H groups in total. The van der Waals surface area contributed by atoms with Gasteiger partial charge in [0.2, 0.25) is 0 Å². The van der Waals surface area contributed by atoms with E-state index >= 15 is 0 Å². The van der Waals surface area contributed by atoms with E-state index in [1.54, 1.807) is 0 Å². The van der Waals surface area contributed by atoms with Crippen molar-refractivity contribution in [2.24, 2.45) is 5.92 Å². The zero-order valence-corrected chi connectivity index (χ0v) is 13.8. The highest BCUT2D eigenvalue weighted by Crippen LogP contribution is 2.25. The Morgan fingerprint density at radius 1 is 0.857 bits per heavy atom. The molecule has 0 aliphatic rings. The maximum atomic E-state index is 5.95. The summed E-state index contributed by atoms with van der Waals surface area (Å²) in [5.74, 6) is 1.14. The molecule has 2 unspecified atom stereocenters. The first-order chi connectivity index (χ1) is 10.1. The fourth-order valence-electron chi connectivity index (χ4n) is 2.61. The minimum atomic E-state index is 0.326. The Labute approximate surface area is 133 Å². The largest absolute Gasteiger partial charge is 0.310 e. The highest BCUT2D eigenvalue weighted by Gasteiger charge is 2.16. The Hall–Kier alpha value is -1.31. The zero-order chi connectivity index (χ0) is 15.2. The van der Waals surface area contributed by atoms with Crippen molar-refractivity contribution in [1.82, 2.24) is 5.32 Å². The van der Waals surface area contributed by atoms with E-state index in [1.165, 1.54) is 11.1 Å². The summed E-state index contributed by atoms with van der Waals surface area (Å²) >= 11 is 5.95. The van der Waals surface area contributed by atoms with Crippen molar-refractivity contribution in [2.75, 3.05) is 6.54 Å². The lowest BCUT2D eigenvalue weighted by Crippen LogP contribution is -2.27. The Bertz CT molecular complexity index is 533. The van der Waals surface area contributed by atoms with Gasteiger partial charge in [-0.05, 0) is 42.0 Å². The van der Waals surface area contributed by atoms with Crippen LogP contribution >= 0.6 is 11.6 Å². The molecule has 2 heteroatoms. The molecule has 0 bridgehead atoms. The van der Waals surface area contributed by atoms with E-state index in [0.29, 0.717) is 17.9 Å². The molecular weight excluding hydrogens is 278 g/mol. The lowest BCUT2D eigenvalue weighted by atomic mass is 9.88. The van der Waals surface area contributed by atoms with Gasteiger partial charge in [0.25, 0.3) is 0 Å². The van der Waals surface area contributed by atoms with Crippen molar-refractivity contribution >= 4 is 11.6 Å². The lowest BCUT2D eigenvalue weighted by Gasteiger charge is -2.24. The second-order valence-corrected chi connectivity index (χ2v) is 6.38. The van der Waals surface area contributed by atoms with Gasteiger partial charge in [-0.25, -0.2) is 0 Å². The molecular formula is C19H24ClN. The average Bonchev–Trinajstić information content (AvgIpc) is 2.48. The summed E-state index contributed by atoms with van der Waals surface area (Å²) in [5.41, 5.74) is 2.68. The molecule has 2 aromatic rings. The average molecular weight is 302 g/mol. The second-order valence-electron chi connectivity index (χ2n) is 5.94. The van der Waals surface area contributed by atoms with Crippen molar-refractivity contribution in [3.8, 4) is 0 Å². The molecule has 0 saturated carbocycles. The van der Waals surface area contributed by atoms with Crippen LogP contribution in [0.4, 0.5) is 0 Å². The van der Waals surface area contributed by atoms with E-state index in [4.69, 9.17) is 11.6 Å². The molecule has 0 saturated heterocycles. The van der Waals surface area contributed by atoms with Crippen molar-refractivity contribution in [1.29, 1.82) is 0 Å². The van der Waals surface area contributed by atoms with E-state index in [0.717, 1.165) is 11.6 Å². The smallest absolute Gasteiger partial charge is 0.0406 e. The van der Waals surface area contributed by atoms with Crippen LogP contribution in [0.5, 0.6) is 0 Å². The molecule has 0 aliphatic heterocycles. The molecule has 21 heavy (non-hydrogen) atoms. The Morgan fingerprint density at radius 3 is 2.05 bits per heavy atom. The number of halogens is 1.